The van der Waals surface area contributed by atoms with Gasteiger partial charge in [-0.15, -0.1) is 0 Å². The van der Waals surface area contributed by atoms with Crippen molar-refractivity contribution < 1.29 is 37.9 Å². The number of primary amides is 1. The number of methoxy groups -OCH3 is 2. The van der Waals surface area contributed by atoms with E-state index in [4.69, 9.17) is 19.7 Å². The molecule has 3 heterocycles. The molecule has 0 aliphatic rings. The normalized spacial score (nSPS) is 10.9. The van der Waals surface area contributed by atoms with Crippen molar-refractivity contribution >= 4 is 40.9 Å². The van der Waals surface area contributed by atoms with Crippen molar-refractivity contribution in [3.05, 3.63) is 52.7 Å². The standard InChI is InChI=1S/C26H30N8O8/c1-5-34-19(9-14(2)31-34)23(36)30-25-29-17-10-15(22(27)35)11-20(39-3)21(17)33(25)8-6-7-28-26(38)41-13-16-12-18(32-42-16)24(37)40-4/h9-12H,5-8,13H2,1-4H3,(H2,27,35)(H,28,38)(H,29,30,36). The van der Waals surface area contributed by atoms with E-state index in [1.165, 1.54) is 32.4 Å². The first kappa shape index (κ1) is 29.6. The van der Waals surface area contributed by atoms with E-state index in [1.807, 2.05) is 6.92 Å². The van der Waals surface area contributed by atoms with E-state index in [1.54, 1.807) is 22.2 Å². The number of nitrogens with one attached hydrogen (secondary N) is 2. The third-order valence-electron chi connectivity index (χ3n) is 6.10. The number of anilines is 1. The molecule has 3 amide bonds. The fraction of sp³-hybridized carbons (Fsp3) is 0.346. The number of ether oxygens (including phenoxy) is 3. The van der Waals surface area contributed by atoms with Crippen molar-refractivity contribution in [2.45, 2.75) is 40.0 Å². The van der Waals surface area contributed by atoms with Gasteiger partial charge >= 0.3 is 12.1 Å². The first-order valence-corrected chi connectivity index (χ1v) is 12.8. The van der Waals surface area contributed by atoms with Crippen LogP contribution in [0.15, 0.2) is 28.8 Å². The number of carbonyl (C=O) groups is 4. The first-order chi connectivity index (χ1) is 20.1. The van der Waals surface area contributed by atoms with E-state index in [2.05, 4.69) is 30.6 Å². The van der Waals surface area contributed by atoms with Gasteiger partial charge in [0, 0.05) is 31.3 Å². The number of benzene rings is 1. The number of rotatable bonds is 12. The summed E-state index contributed by atoms with van der Waals surface area (Å²) in [6.45, 7) is 4.39. The molecule has 4 aromatic rings. The molecule has 16 nitrogen and oxygen atoms in total. The van der Waals surface area contributed by atoms with E-state index in [0.29, 0.717) is 41.1 Å². The van der Waals surface area contributed by atoms with Crippen LogP contribution >= 0.6 is 0 Å². The largest absolute Gasteiger partial charge is 0.494 e. The second-order valence-electron chi connectivity index (χ2n) is 8.96. The van der Waals surface area contributed by atoms with Gasteiger partial charge in [-0.2, -0.15) is 5.10 Å². The number of carbonyl (C=O) groups excluding carboxylic acids is 4. The second kappa shape index (κ2) is 12.8. The number of nitrogens with two attached hydrogens (primary N) is 1. The summed E-state index contributed by atoms with van der Waals surface area (Å²) in [5.41, 5.74) is 7.57. The summed E-state index contributed by atoms with van der Waals surface area (Å²) in [5.74, 6) is -1.07. The maximum absolute atomic E-state index is 13.2. The average Bonchev–Trinajstić information content (AvgIpc) is 3.70. The Labute approximate surface area is 239 Å². The maximum atomic E-state index is 13.2. The molecular weight excluding hydrogens is 552 g/mol. The Bertz CT molecular complexity index is 1640. The Balaban J connectivity index is 1.48. The summed E-state index contributed by atoms with van der Waals surface area (Å²) in [5, 5.41) is 13.3. The number of hydrogen-bond acceptors (Lipinski definition) is 11. The monoisotopic (exact) mass is 582 g/mol. The highest BCUT2D eigenvalue weighted by molar-refractivity contribution is 6.04. The molecule has 4 rings (SSSR count). The number of alkyl carbamates (subject to hydrolysis) is 1. The molecule has 0 atom stereocenters. The zero-order valence-electron chi connectivity index (χ0n) is 23.4. The first-order valence-electron chi connectivity index (χ1n) is 12.8. The van der Waals surface area contributed by atoms with E-state index in [-0.39, 0.29) is 42.7 Å². The lowest BCUT2D eigenvalue weighted by atomic mass is 10.1. The highest BCUT2D eigenvalue weighted by Gasteiger charge is 2.21. The van der Waals surface area contributed by atoms with Crippen molar-refractivity contribution in [3.63, 3.8) is 0 Å². The number of nitrogens with zero attached hydrogens (tertiary/aromatic N) is 5. The van der Waals surface area contributed by atoms with Crippen LogP contribution in [0.25, 0.3) is 11.0 Å². The van der Waals surface area contributed by atoms with E-state index < -0.39 is 23.9 Å². The number of aromatic nitrogens is 5. The topological polar surface area (TPSA) is 208 Å². The van der Waals surface area contributed by atoms with Crippen LogP contribution in [0.4, 0.5) is 10.7 Å². The van der Waals surface area contributed by atoms with Gasteiger partial charge in [0.05, 0.1) is 25.4 Å². The highest BCUT2D eigenvalue weighted by atomic mass is 16.6. The molecule has 0 fully saturated rings. The number of imidazole rings is 1. The van der Waals surface area contributed by atoms with Gasteiger partial charge < -0.3 is 34.4 Å². The summed E-state index contributed by atoms with van der Waals surface area (Å²) < 4.78 is 23.4. The molecule has 0 bridgehead atoms. The quantitative estimate of drug-likeness (QED) is 0.163. The SMILES string of the molecule is CCn1nc(C)cc1C(=O)Nc1nc2cc(C(N)=O)cc(OC)c2n1CCCNC(=O)OCc1cc(C(=O)OC)no1. The van der Waals surface area contributed by atoms with Crippen molar-refractivity contribution in [2.75, 3.05) is 26.1 Å². The summed E-state index contributed by atoms with van der Waals surface area (Å²) in [6.07, 6.45) is -0.327. The number of hydrogen-bond donors (Lipinski definition) is 3. The number of amides is 3. The molecule has 4 N–H and O–H groups in total. The van der Waals surface area contributed by atoms with Crippen LogP contribution in [0, 0.1) is 6.92 Å². The van der Waals surface area contributed by atoms with Crippen LogP contribution in [-0.4, -0.2) is 69.1 Å². The van der Waals surface area contributed by atoms with Crippen LogP contribution in [-0.2, 0) is 29.2 Å². The zero-order valence-corrected chi connectivity index (χ0v) is 23.4. The molecule has 1 aromatic carbocycles. The molecule has 0 aliphatic carbocycles. The van der Waals surface area contributed by atoms with Gasteiger partial charge in [0.1, 0.15) is 17.0 Å². The van der Waals surface area contributed by atoms with Gasteiger partial charge in [-0.3, -0.25) is 19.6 Å². The summed E-state index contributed by atoms with van der Waals surface area (Å²) in [7, 11) is 2.65. The van der Waals surface area contributed by atoms with Gasteiger partial charge in [0.2, 0.25) is 11.9 Å². The van der Waals surface area contributed by atoms with Gasteiger partial charge in [-0.25, -0.2) is 14.6 Å². The van der Waals surface area contributed by atoms with Gasteiger partial charge in [0.15, 0.2) is 18.1 Å². The summed E-state index contributed by atoms with van der Waals surface area (Å²) in [6, 6.07) is 5.99. The fourth-order valence-electron chi connectivity index (χ4n) is 4.17. The van der Waals surface area contributed by atoms with Gasteiger partial charge in [-0.1, -0.05) is 5.16 Å². The minimum absolute atomic E-state index is 0.0420. The number of aryl methyl sites for hydroxylation is 3. The number of fused-ring (bicyclic) bond motifs is 1. The van der Waals surface area contributed by atoms with Crippen LogP contribution in [0.2, 0.25) is 0 Å². The minimum Gasteiger partial charge on any atom is -0.494 e. The fourth-order valence-corrected chi connectivity index (χ4v) is 4.17. The number of esters is 1. The van der Waals surface area contributed by atoms with Crippen LogP contribution in [0.1, 0.15) is 56.1 Å². The van der Waals surface area contributed by atoms with Crippen molar-refractivity contribution in [1.82, 2.24) is 29.8 Å². The molecule has 0 unspecified atom stereocenters. The predicted octanol–water partition coefficient (Wildman–Crippen LogP) is 2.01. The van der Waals surface area contributed by atoms with E-state index in [9.17, 15) is 19.2 Å². The average molecular weight is 583 g/mol. The molecule has 16 heteroatoms. The van der Waals surface area contributed by atoms with Gasteiger partial charge in [-0.05, 0) is 38.5 Å². The van der Waals surface area contributed by atoms with Crippen molar-refractivity contribution in [3.8, 4) is 5.75 Å². The molecule has 0 saturated carbocycles. The third kappa shape index (κ3) is 6.48. The lowest BCUT2D eigenvalue weighted by Gasteiger charge is -2.13. The lowest BCUT2D eigenvalue weighted by Crippen LogP contribution is -2.26. The lowest BCUT2D eigenvalue weighted by molar-refractivity contribution is 0.0588. The molecule has 222 valence electrons. The Morgan fingerprint density at radius 3 is 2.60 bits per heavy atom. The van der Waals surface area contributed by atoms with E-state index in [0.717, 1.165) is 0 Å². The Morgan fingerprint density at radius 1 is 1.12 bits per heavy atom. The highest BCUT2D eigenvalue weighted by Crippen LogP contribution is 2.31. The van der Waals surface area contributed by atoms with Crippen LogP contribution in [0.3, 0.4) is 0 Å². The molecule has 42 heavy (non-hydrogen) atoms. The zero-order chi connectivity index (χ0) is 30.4. The molecule has 0 aliphatic heterocycles. The third-order valence-corrected chi connectivity index (χ3v) is 6.10. The Morgan fingerprint density at radius 2 is 1.90 bits per heavy atom. The van der Waals surface area contributed by atoms with Gasteiger partial charge in [0.25, 0.3) is 5.91 Å². The molecule has 0 spiro atoms. The van der Waals surface area contributed by atoms with Crippen molar-refractivity contribution in [2.24, 2.45) is 5.73 Å². The van der Waals surface area contributed by atoms with Crippen LogP contribution in [0.5, 0.6) is 5.75 Å². The Kier molecular flexibility index (Phi) is 9.04. The smallest absolute Gasteiger partial charge is 0.407 e. The molecule has 0 saturated heterocycles. The van der Waals surface area contributed by atoms with Crippen molar-refractivity contribution in [1.29, 1.82) is 0 Å². The molecular formula is C26H30N8O8. The maximum Gasteiger partial charge on any atom is 0.407 e. The summed E-state index contributed by atoms with van der Waals surface area (Å²) >= 11 is 0. The Hall–Kier alpha value is -5.41. The minimum atomic E-state index is -0.720. The second-order valence-corrected chi connectivity index (χ2v) is 8.96. The van der Waals surface area contributed by atoms with Crippen LogP contribution < -0.4 is 21.1 Å². The predicted molar refractivity (Wildman–Crippen MR) is 146 cm³/mol. The molecule has 0 radical (unpaired) electrons. The summed E-state index contributed by atoms with van der Waals surface area (Å²) in [4.78, 5) is 53.3. The molecule has 3 aromatic heterocycles. The van der Waals surface area contributed by atoms with E-state index >= 15 is 0 Å².